The molecule has 0 atom stereocenters. The minimum atomic E-state index is -0.0808. The number of nitrogens with two attached hydrogens (primary N) is 1. The van der Waals surface area contributed by atoms with Crippen LogP contribution in [0, 0.1) is 11.8 Å². The number of rotatable bonds is 6. The van der Waals surface area contributed by atoms with E-state index in [2.05, 4.69) is 17.2 Å². The number of carbonyl (C=O) groups excluding carboxylic acids is 1. The maximum absolute atomic E-state index is 11.8. The van der Waals surface area contributed by atoms with E-state index in [1.807, 2.05) is 6.92 Å². The lowest BCUT2D eigenvalue weighted by atomic mass is 10.1. The quantitative estimate of drug-likeness (QED) is 0.625. The summed E-state index contributed by atoms with van der Waals surface area (Å²) in [6, 6.07) is 5.18. The summed E-state index contributed by atoms with van der Waals surface area (Å²) < 4.78 is 5.19. The molecule has 0 unspecified atom stereocenters. The number of benzene rings is 1. The van der Waals surface area contributed by atoms with Crippen LogP contribution in [0.5, 0.6) is 0 Å². The van der Waals surface area contributed by atoms with Gasteiger partial charge in [0.2, 0.25) is 5.91 Å². The summed E-state index contributed by atoms with van der Waals surface area (Å²) in [7, 11) is 0. The van der Waals surface area contributed by atoms with Crippen molar-refractivity contribution in [3.05, 3.63) is 28.8 Å². The second-order valence-electron chi connectivity index (χ2n) is 4.04. The smallest absolute Gasteiger partial charge is 0.224 e. The first-order chi connectivity index (χ1) is 9.67. The molecule has 0 bridgehead atoms. The lowest BCUT2D eigenvalue weighted by Crippen LogP contribution is -2.13. The summed E-state index contributed by atoms with van der Waals surface area (Å²) >= 11 is 5.94. The number of ether oxygens (including phenoxy) is 1. The van der Waals surface area contributed by atoms with E-state index < -0.39 is 0 Å². The van der Waals surface area contributed by atoms with Crippen LogP contribution in [-0.2, 0) is 9.53 Å². The van der Waals surface area contributed by atoms with Gasteiger partial charge in [0.25, 0.3) is 0 Å². The van der Waals surface area contributed by atoms with E-state index in [1.165, 1.54) is 0 Å². The van der Waals surface area contributed by atoms with Crippen molar-refractivity contribution in [2.24, 2.45) is 5.73 Å². The minimum Gasteiger partial charge on any atom is -0.382 e. The van der Waals surface area contributed by atoms with Gasteiger partial charge in [-0.05, 0) is 31.5 Å². The van der Waals surface area contributed by atoms with Crippen molar-refractivity contribution in [2.45, 2.75) is 19.8 Å². The molecule has 1 aromatic carbocycles. The maximum Gasteiger partial charge on any atom is 0.224 e. The Kier molecular flexibility index (Phi) is 7.74. The Hall–Kier alpha value is -1.54. The molecule has 1 rings (SSSR count). The Bertz CT molecular complexity index is 506. The third kappa shape index (κ3) is 6.07. The molecule has 108 valence electrons. The van der Waals surface area contributed by atoms with Crippen LogP contribution >= 0.6 is 11.6 Å². The number of carbonyl (C=O) groups is 1. The third-order valence-corrected chi connectivity index (χ3v) is 2.71. The first kappa shape index (κ1) is 16.5. The number of nitrogens with one attached hydrogen (secondary N) is 1. The van der Waals surface area contributed by atoms with E-state index in [0.29, 0.717) is 42.3 Å². The van der Waals surface area contributed by atoms with Crippen molar-refractivity contribution >= 4 is 23.2 Å². The Balaban J connectivity index is 2.65. The van der Waals surface area contributed by atoms with Crippen LogP contribution < -0.4 is 11.1 Å². The van der Waals surface area contributed by atoms with Gasteiger partial charge in [-0.1, -0.05) is 23.4 Å². The largest absolute Gasteiger partial charge is 0.382 e. The van der Waals surface area contributed by atoms with Gasteiger partial charge in [0.1, 0.15) is 0 Å². The lowest BCUT2D eigenvalue weighted by Gasteiger charge is -2.08. The first-order valence-corrected chi connectivity index (χ1v) is 6.91. The Morgan fingerprint density at radius 2 is 2.30 bits per heavy atom. The molecule has 20 heavy (non-hydrogen) atoms. The number of amides is 1. The molecule has 0 aliphatic heterocycles. The molecule has 0 aliphatic rings. The topological polar surface area (TPSA) is 64.3 Å². The average molecular weight is 295 g/mol. The normalized spacial score (nSPS) is 9.75. The van der Waals surface area contributed by atoms with Crippen molar-refractivity contribution in [1.82, 2.24) is 0 Å². The molecule has 0 fully saturated rings. The monoisotopic (exact) mass is 294 g/mol. The molecule has 0 saturated heterocycles. The van der Waals surface area contributed by atoms with E-state index in [9.17, 15) is 4.79 Å². The second kappa shape index (κ2) is 9.38. The van der Waals surface area contributed by atoms with Gasteiger partial charge in [0.05, 0.1) is 12.2 Å². The van der Waals surface area contributed by atoms with Gasteiger partial charge in [-0.25, -0.2) is 0 Å². The Labute approximate surface area is 124 Å². The van der Waals surface area contributed by atoms with Gasteiger partial charge in [-0.15, -0.1) is 0 Å². The fourth-order valence-electron chi connectivity index (χ4n) is 1.57. The van der Waals surface area contributed by atoms with Crippen molar-refractivity contribution in [3.8, 4) is 11.8 Å². The van der Waals surface area contributed by atoms with Gasteiger partial charge in [0.15, 0.2) is 0 Å². The highest BCUT2D eigenvalue weighted by Gasteiger charge is 2.06. The van der Waals surface area contributed by atoms with Crippen LogP contribution in [0.1, 0.15) is 25.3 Å². The molecule has 4 nitrogen and oxygen atoms in total. The predicted octanol–water partition coefficient (Wildman–Crippen LogP) is 2.41. The number of hydrogen-bond acceptors (Lipinski definition) is 3. The van der Waals surface area contributed by atoms with E-state index in [0.717, 1.165) is 0 Å². The van der Waals surface area contributed by atoms with Gasteiger partial charge in [-0.2, -0.15) is 0 Å². The molecule has 1 aromatic rings. The highest BCUT2D eigenvalue weighted by atomic mass is 35.5. The maximum atomic E-state index is 11.8. The molecular weight excluding hydrogens is 276 g/mol. The van der Waals surface area contributed by atoms with Crippen molar-refractivity contribution < 1.29 is 9.53 Å². The summed E-state index contributed by atoms with van der Waals surface area (Å²) in [6.07, 6.45) is 1.08. The van der Waals surface area contributed by atoms with Crippen LogP contribution in [0.3, 0.4) is 0 Å². The molecule has 3 N–H and O–H groups in total. The van der Waals surface area contributed by atoms with E-state index >= 15 is 0 Å². The Morgan fingerprint density at radius 3 is 3.00 bits per heavy atom. The summed E-state index contributed by atoms with van der Waals surface area (Å²) in [6.45, 7) is 3.44. The van der Waals surface area contributed by atoms with Crippen LogP contribution in [0.25, 0.3) is 0 Å². The molecular formula is C15H19ClN2O2. The molecule has 5 heteroatoms. The second-order valence-corrected chi connectivity index (χ2v) is 4.48. The average Bonchev–Trinajstić information content (AvgIpc) is 2.43. The van der Waals surface area contributed by atoms with Gasteiger partial charge in [0, 0.05) is 30.2 Å². The van der Waals surface area contributed by atoms with Crippen LogP contribution in [0.4, 0.5) is 5.69 Å². The molecule has 0 saturated carbocycles. The SMILES string of the molecule is CCOCCCC(=O)Nc1cc(Cl)ccc1C#CCN. The standard InChI is InChI=1S/C15H19ClN2O2/c1-2-20-10-4-6-15(19)18-14-11-13(16)8-7-12(14)5-3-9-17/h7-8,11H,2,4,6,9-10,17H2,1H3,(H,18,19). The molecule has 0 heterocycles. The van der Waals surface area contributed by atoms with E-state index in [-0.39, 0.29) is 12.5 Å². The fraction of sp³-hybridized carbons (Fsp3) is 0.400. The van der Waals surface area contributed by atoms with E-state index in [4.69, 9.17) is 22.1 Å². The zero-order chi connectivity index (χ0) is 14.8. The number of halogens is 1. The summed E-state index contributed by atoms with van der Waals surface area (Å²) in [4.78, 5) is 11.8. The summed E-state index contributed by atoms with van der Waals surface area (Å²) in [5, 5.41) is 3.36. The predicted molar refractivity (Wildman–Crippen MR) is 81.7 cm³/mol. The van der Waals surface area contributed by atoms with Crippen molar-refractivity contribution in [2.75, 3.05) is 25.1 Å². The zero-order valence-electron chi connectivity index (χ0n) is 11.5. The number of hydrogen-bond donors (Lipinski definition) is 2. The van der Waals surface area contributed by atoms with Crippen LogP contribution in [0.15, 0.2) is 18.2 Å². The highest BCUT2D eigenvalue weighted by Crippen LogP contribution is 2.20. The van der Waals surface area contributed by atoms with Crippen molar-refractivity contribution in [3.63, 3.8) is 0 Å². The van der Waals surface area contributed by atoms with Crippen LogP contribution in [-0.4, -0.2) is 25.7 Å². The third-order valence-electron chi connectivity index (χ3n) is 2.48. The first-order valence-electron chi connectivity index (χ1n) is 6.53. The molecule has 0 radical (unpaired) electrons. The Morgan fingerprint density at radius 1 is 1.50 bits per heavy atom. The molecule has 0 spiro atoms. The summed E-state index contributed by atoms with van der Waals surface area (Å²) in [5.41, 5.74) is 6.67. The molecule has 0 aliphatic carbocycles. The highest BCUT2D eigenvalue weighted by molar-refractivity contribution is 6.31. The zero-order valence-corrected chi connectivity index (χ0v) is 12.3. The lowest BCUT2D eigenvalue weighted by molar-refractivity contribution is -0.116. The molecule has 0 aromatic heterocycles. The fourth-order valence-corrected chi connectivity index (χ4v) is 1.74. The summed E-state index contributed by atoms with van der Waals surface area (Å²) in [5.74, 6) is 5.59. The van der Waals surface area contributed by atoms with E-state index in [1.54, 1.807) is 18.2 Å². The van der Waals surface area contributed by atoms with Crippen LogP contribution in [0.2, 0.25) is 5.02 Å². The number of anilines is 1. The minimum absolute atomic E-state index is 0.0808. The van der Waals surface area contributed by atoms with Gasteiger partial charge < -0.3 is 15.8 Å². The van der Waals surface area contributed by atoms with Gasteiger partial charge in [-0.3, -0.25) is 4.79 Å². The molecule has 1 amide bonds. The van der Waals surface area contributed by atoms with Gasteiger partial charge >= 0.3 is 0 Å². The van der Waals surface area contributed by atoms with Crippen molar-refractivity contribution in [1.29, 1.82) is 0 Å².